The van der Waals surface area contributed by atoms with E-state index in [1.165, 1.54) is 0 Å². The summed E-state index contributed by atoms with van der Waals surface area (Å²) in [4.78, 5) is 9.02. The number of hydrogen-bond acceptors (Lipinski definition) is 4. The Bertz CT molecular complexity index is 467. The van der Waals surface area contributed by atoms with Crippen molar-refractivity contribution in [2.45, 2.75) is 6.92 Å². The molecule has 0 unspecified atom stereocenters. The SMILES string of the molecule is Cc1cnc(N)nc1-c1sccc1Cl. The van der Waals surface area contributed by atoms with Gasteiger partial charge in [-0.15, -0.1) is 11.3 Å². The molecule has 2 rings (SSSR count). The average molecular weight is 226 g/mol. The normalized spacial score (nSPS) is 10.4. The van der Waals surface area contributed by atoms with Crippen LogP contribution in [0.15, 0.2) is 17.6 Å². The molecule has 0 saturated heterocycles. The lowest BCUT2D eigenvalue weighted by Gasteiger charge is -2.02. The molecule has 2 aromatic heterocycles. The van der Waals surface area contributed by atoms with Crippen molar-refractivity contribution in [2.24, 2.45) is 0 Å². The standard InChI is InChI=1S/C9H8ClN3S/c1-5-4-12-9(11)13-7(5)8-6(10)2-3-14-8/h2-4H,1H3,(H2,11,12,13). The number of anilines is 1. The van der Waals surface area contributed by atoms with Gasteiger partial charge in [-0.2, -0.15) is 0 Å². The molecule has 2 heterocycles. The van der Waals surface area contributed by atoms with Gasteiger partial charge in [-0.3, -0.25) is 0 Å². The summed E-state index contributed by atoms with van der Waals surface area (Å²) in [6, 6.07) is 1.85. The minimum atomic E-state index is 0.273. The molecule has 3 nitrogen and oxygen atoms in total. The predicted molar refractivity (Wildman–Crippen MR) is 59.5 cm³/mol. The first-order valence-electron chi connectivity index (χ1n) is 4.01. The van der Waals surface area contributed by atoms with Crippen molar-refractivity contribution >= 4 is 28.9 Å². The van der Waals surface area contributed by atoms with Crippen molar-refractivity contribution in [2.75, 3.05) is 5.73 Å². The van der Waals surface area contributed by atoms with E-state index in [0.29, 0.717) is 5.02 Å². The highest BCUT2D eigenvalue weighted by Crippen LogP contribution is 2.33. The number of halogens is 1. The van der Waals surface area contributed by atoms with Gasteiger partial charge in [0.2, 0.25) is 5.95 Å². The third kappa shape index (κ3) is 1.58. The van der Waals surface area contributed by atoms with Crippen LogP contribution in [0.4, 0.5) is 5.95 Å². The van der Waals surface area contributed by atoms with Crippen LogP contribution in [-0.4, -0.2) is 9.97 Å². The Hall–Kier alpha value is -1.13. The van der Waals surface area contributed by atoms with Gasteiger partial charge in [0.1, 0.15) is 0 Å². The molecule has 0 aliphatic rings. The number of nitrogens with zero attached hydrogens (tertiary/aromatic N) is 2. The van der Waals surface area contributed by atoms with Gasteiger partial charge in [0.15, 0.2) is 0 Å². The Kier molecular flexibility index (Phi) is 2.39. The highest BCUT2D eigenvalue weighted by molar-refractivity contribution is 7.14. The van der Waals surface area contributed by atoms with Crippen molar-refractivity contribution in [1.29, 1.82) is 0 Å². The van der Waals surface area contributed by atoms with Crippen LogP contribution in [0.3, 0.4) is 0 Å². The average Bonchev–Trinajstić information content (AvgIpc) is 2.56. The maximum Gasteiger partial charge on any atom is 0.220 e. The summed E-state index contributed by atoms with van der Waals surface area (Å²) in [5.74, 6) is 0.273. The van der Waals surface area contributed by atoms with Crippen LogP contribution in [0.5, 0.6) is 0 Å². The zero-order valence-corrected chi connectivity index (χ0v) is 9.06. The predicted octanol–water partition coefficient (Wildman–Crippen LogP) is 2.75. The van der Waals surface area contributed by atoms with Crippen molar-refractivity contribution in [1.82, 2.24) is 9.97 Å². The molecule has 2 N–H and O–H groups in total. The van der Waals surface area contributed by atoms with Gasteiger partial charge in [0, 0.05) is 6.20 Å². The molecule has 0 atom stereocenters. The Labute approximate surface area is 90.6 Å². The molecule has 0 aliphatic heterocycles. The van der Waals surface area contributed by atoms with E-state index in [0.717, 1.165) is 16.1 Å². The van der Waals surface area contributed by atoms with Crippen LogP contribution < -0.4 is 5.73 Å². The molecule has 0 radical (unpaired) electrons. The van der Waals surface area contributed by atoms with Gasteiger partial charge in [-0.05, 0) is 23.9 Å². The molecule has 2 aromatic rings. The number of hydrogen-bond donors (Lipinski definition) is 1. The maximum atomic E-state index is 6.01. The number of nitrogen functional groups attached to an aromatic ring is 1. The van der Waals surface area contributed by atoms with Gasteiger partial charge < -0.3 is 5.73 Å². The fourth-order valence-electron chi connectivity index (χ4n) is 1.15. The lowest BCUT2D eigenvalue weighted by molar-refractivity contribution is 1.16. The number of thiophene rings is 1. The molecule has 5 heteroatoms. The van der Waals surface area contributed by atoms with Crippen molar-refractivity contribution in [3.63, 3.8) is 0 Å². The second-order valence-electron chi connectivity index (χ2n) is 2.86. The molecular weight excluding hydrogens is 218 g/mol. The van der Waals surface area contributed by atoms with Crippen LogP contribution in [-0.2, 0) is 0 Å². The molecule has 14 heavy (non-hydrogen) atoms. The minimum Gasteiger partial charge on any atom is -0.368 e. The third-order valence-electron chi connectivity index (χ3n) is 1.82. The van der Waals surface area contributed by atoms with E-state index in [4.69, 9.17) is 17.3 Å². The van der Waals surface area contributed by atoms with E-state index >= 15 is 0 Å². The van der Waals surface area contributed by atoms with E-state index in [-0.39, 0.29) is 5.95 Å². The smallest absolute Gasteiger partial charge is 0.220 e. The Morgan fingerprint density at radius 1 is 1.50 bits per heavy atom. The maximum absolute atomic E-state index is 6.01. The van der Waals surface area contributed by atoms with Crippen molar-refractivity contribution < 1.29 is 0 Å². The van der Waals surface area contributed by atoms with Crippen LogP contribution in [0, 0.1) is 6.92 Å². The van der Waals surface area contributed by atoms with Crippen LogP contribution in [0.25, 0.3) is 10.6 Å². The third-order valence-corrected chi connectivity index (χ3v) is 3.17. The zero-order chi connectivity index (χ0) is 10.1. The summed E-state index contributed by atoms with van der Waals surface area (Å²) >= 11 is 7.56. The van der Waals surface area contributed by atoms with Gasteiger partial charge >= 0.3 is 0 Å². The molecular formula is C9H8ClN3S. The first-order chi connectivity index (χ1) is 6.68. The highest BCUT2D eigenvalue weighted by Gasteiger charge is 2.10. The van der Waals surface area contributed by atoms with Crippen LogP contribution >= 0.6 is 22.9 Å². The number of aryl methyl sites for hydroxylation is 1. The fourth-order valence-corrected chi connectivity index (χ4v) is 2.35. The number of nitrogens with two attached hydrogens (primary N) is 1. The number of aromatic nitrogens is 2. The molecule has 0 fully saturated rings. The lowest BCUT2D eigenvalue weighted by Crippen LogP contribution is -1.97. The Balaban J connectivity index is 2.62. The van der Waals surface area contributed by atoms with E-state index < -0.39 is 0 Å². The largest absolute Gasteiger partial charge is 0.368 e. The second kappa shape index (κ2) is 3.55. The molecule has 0 saturated carbocycles. The molecule has 0 aliphatic carbocycles. The monoisotopic (exact) mass is 225 g/mol. The molecule has 0 aromatic carbocycles. The summed E-state index contributed by atoms with van der Waals surface area (Å²) in [5, 5.41) is 2.63. The van der Waals surface area contributed by atoms with Crippen LogP contribution in [0.1, 0.15) is 5.56 Å². The molecule has 0 bridgehead atoms. The minimum absolute atomic E-state index is 0.273. The topological polar surface area (TPSA) is 51.8 Å². The number of rotatable bonds is 1. The van der Waals surface area contributed by atoms with Gasteiger partial charge in [-0.25, -0.2) is 9.97 Å². The molecule has 0 spiro atoms. The van der Waals surface area contributed by atoms with Crippen molar-refractivity contribution in [3.8, 4) is 10.6 Å². The lowest BCUT2D eigenvalue weighted by atomic mass is 10.2. The first-order valence-corrected chi connectivity index (χ1v) is 5.26. The first kappa shape index (κ1) is 9.43. The Morgan fingerprint density at radius 2 is 2.29 bits per heavy atom. The van der Waals surface area contributed by atoms with E-state index in [9.17, 15) is 0 Å². The van der Waals surface area contributed by atoms with E-state index in [2.05, 4.69) is 9.97 Å². The summed E-state index contributed by atoms with van der Waals surface area (Å²) < 4.78 is 0. The summed E-state index contributed by atoms with van der Waals surface area (Å²) in [6.45, 7) is 1.94. The quantitative estimate of drug-likeness (QED) is 0.812. The summed E-state index contributed by atoms with van der Waals surface area (Å²) in [7, 11) is 0. The van der Waals surface area contributed by atoms with Crippen molar-refractivity contribution in [3.05, 3.63) is 28.2 Å². The van der Waals surface area contributed by atoms with Gasteiger partial charge in [0.05, 0.1) is 15.6 Å². The summed E-state index contributed by atoms with van der Waals surface area (Å²) in [6.07, 6.45) is 1.70. The molecule has 72 valence electrons. The zero-order valence-electron chi connectivity index (χ0n) is 7.49. The van der Waals surface area contributed by atoms with Gasteiger partial charge in [-0.1, -0.05) is 11.6 Å². The fraction of sp³-hybridized carbons (Fsp3) is 0.111. The highest BCUT2D eigenvalue weighted by atomic mass is 35.5. The Morgan fingerprint density at radius 3 is 2.93 bits per heavy atom. The molecule has 0 amide bonds. The van der Waals surface area contributed by atoms with E-state index in [1.807, 2.05) is 18.4 Å². The summed E-state index contributed by atoms with van der Waals surface area (Å²) in [5.41, 5.74) is 7.32. The van der Waals surface area contributed by atoms with Crippen LogP contribution in [0.2, 0.25) is 5.02 Å². The second-order valence-corrected chi connectivity index (χ2v) is 4.18. The van der Waals surface area contributed by atoms with E-state index in [1.54, 1.807) is 17.5 Å². The van der Waals surface area contributed by atoms with Gasteiger partial charge in [0.25, 0.3) is 0 Å².